The molecule has 25 heavy (non-hydrogen) atoms. The van der Waals surface area contributed by atoms with Crippen molar-refractivity contribution in [1.29, 1.82) is 5.26 Å². The van der Waals surface area contributed by atoms with E-state index in [4.69, 9.17) is 5.26 Å². The highest BCUT2D eigenvalue weighted by Gasteiger charge is 2.04. The monoisotopic (exact) mass is 329 g/mol. The first-order valence-corrected chi connectivity index (χ1v) is 8.18. The molecule has 0 fully saturated rings. The fourth-order valence-electron chi connectivity index (χ4n) is 2.48. The maximum Gasteiger partial charge on any atom is 0.227 e. The van der Waals surface area contributed by atoms with Crippen LogP contribution in [-0.4, -0.2) is 15.0 Å². The average molecular weight is 329 g/mol. The van der Waals surface area contributed by atoms with Gasteiger partial charge in [-0.25, -0.2) is 9.97 Å². The minimum atomic E-state index is 0.531. The predicted molar refractivity (Wildman–Crippen MR) is 98.2 cm³/mol. The SMILES string of the molecule is CC(C)Cc1ccc(Nc2ncc(-c3ccc(C#N)cn3)cn2)cc1. The van der Waals surface area contributed by atoms with E-state index in [2.05, 4.69) is 52.3 Å². The molecule has 5 nitrogen and oxygen atoms in total. The average Bonchev–Trinajstić information content (AvgIpc) is 2.64. The van der Waals surface area contributed by atoms with Crippen LogP contribution in [0.1, 0.15) is 25.0 Å². The molecule has 0 unspecified atom stereocenters. The lowest BCUT2D eigenvalue weighted by Gasteiger charge is -2.08. The second-order valence-corrected chi connectivity index (χ2v) is 6.26. The Kier molecular flexibility index (Phi) is 5.00. The fourth-order valence-corrected chi connectivity index (χ4v) is 2.48. The molecule has 0 bridgehead atoms. The van der Waals surface area contributed by atoms with Crippen molar-refractivity contribution in [2.45, 2.75) is 20.3 Å². The van der Waals surface area contributed by atoms with E-state index in [0.29, 0.717) is 17.4 Å². The summed E-state index contributed by atoms with van der Waals surface area (Å²) in [6.45, 7) is 4.43. The Morgan fingerprint density at radius 1 is 0.960 bits per heavy atom. The summed E-state index contributed by atoms with van der Waals surface area (Å²) < 4.78 is 0. The number of hydrogen-bond acceptors (Lipinski definition) is 5. The zero-order chi connectivity index (χ0) is 17.6. The number of pyridine rings is 1. The van der Waals surface area contributed by atoms with E-state index in [0.717, 1.165) is 23.4 Å². The first-order valence-electron chi connectivity index (χ1n) is 8.18. The zero-order valence-electron chi connectivity index (χ0n) is 14.3. The van der Waals surface area contributed by atoms with Crippen LogP contribution in [0.25, 0.3) is 11.3 Å². The van der Waals surface area contributed by atoms with Gasteiger partial charge in [0.25, 0.3) is 0 Å². The maximum absolute atomic E-state index is 8.81. The molecule has 5 heteroatoms. The highest BCUT2D eigenvalue weighted by molar-refractivity contribution is 5.59. The number of nitriles is 1. The standard InChI is InChI=1S/C20H19N5/c1-14(2)9-15-3-6-18(7-4-15)25-20-23-12-17(13-24-20)19-8-5-16(10-21)11-22-19/h3-8,11-14H,9H2,1-2H3,(H,23,24,25). The number of nitrogens with one attached hydrogen (secondary N) is 1. The third kappa shape index (κ3) is 4.39. The molecule has 0 amide bonds. The molecule has 0 saturated carbocycles. The van der Waals surface area contributed by atoms with Gasteiger partial charge in [-0.3, -0.25) is 4.98 Å². The van der Waals surface area contributed by atoms with E-state index in [1.807, 2.05) is 12.1 Å². The molecule has 0 atom stereocenters. The summed E-state index contributed by atoms with van der Waals surface area (Å²) in [7, 11) is 0. The van der Waals surface area contributed by atoms with Crippen molar-refractivity contribution in [2.75, 3.05) is 5.32 Å². The van der Waals surface area contributed by atoms with Crippen LogP contribution in [0.15, 0.2) is 55.0 Å². The van der Waals surface area contributed by atoms with Gasteiger partial charge in [0, 0.05) is 29.8 Å². The van der Waals surface area contributed by atoms with Crippen LogP contribution in [-0.2, 0) is 6.42 Å². The van der Waals surface area contributed by atoms with Gasteiger partial charge < -0.3 is 5.32 Å². The van der Waals surface area contributed by atoms with Crippen LogP contribution >= 0.6 is 0 Å². The molecule has 0 aliphatic carbocycles. The van der Waals surface area contributed by atoms with Crippen LogP contribution in [0.4, 0.5) is 11.6 Å². The van der Waals surface area contributed by atoms with Gasteiger partial charge in [0.2, 0.25) is 5.95 Å². The minimum Gasteiger partial charge on any atom is -0.324 e. The third-order valence-corrected chi connectivity index (χ3v) is 3.69. The van der Waals surface area contributed by atoms with Crippen molar-refractivity contribution in [3.63, 3.8) is 0 Å². The van der Waals surface area contributed by atoms with Gasteiger partial charge in [0.05, 0.1) is 11.3 Å². The Hall–Kier alpha value is -3.26. The summed E-state index contributed by atoms with van der Waals surface area (Å²) >= 11 is 0. The molecule has 2 aromatic heterocycles. The van der Waals surface area contributed by atoms with Gasteiger partial charge in [-0.2, -0.15) is 5.26 Å². The number of anilines is 2. The van der Waals surface area contributed by atoms with Crippen molar-refractivity contribution < 1.29 is 0 Å². The lowest BCUT2D eigenvalue weighted by Crippen LogP contribution is -1.98. The van der Waals surface area contributed by atoms with E-state index in [1.54, 1.807) is 30.7 Å². The van der Waals surface area contributed by atoms with Gasteiger partial charge >= 0.3 is 0 Å². The maximum atomic E-state index is 8.81. The quantitative estimate of drug-likeness (QED) is 0.753. The van der Waals surface area contributed by atoms with Gasteiger partial charge in [0.15, 0.2) is 0 Å². The first-order chi connectivity index (χ1) is 12.1. The second kappa shape index (κ2) is 7.54. The van der Waals surface area contributed by atoms with Crippen LogP contribution < -0.4 is 5.32 Å². The molecular formula is C20H19N5. The van der Waals surface area contributed by atoms with Crippen LogP contribution in [0.2, 0.25) is 0 Å². The predicted octanol–water partition coefficient (Wildman–Crippen LogP) is 4.35. The van der Waals surface area contributed by atoms with E-state index in [9.17, 15) is 0 Å². The van der Waals surface area contributed by atoms with Gasteiger partial charge in [-0.1, -0.05) is 26.0 Å². The number of aromatic nitrogens is 3. The number of rotatable bonds is 5. The summed E-state index contributed by atoms with van der Waals surface area (Å²) in [6.07, 6.45) is 6.05. The molecule has 0 aliphatic rings. The molecule has 0 aliphatic heterocycles. The van der Waals surface area contributed by atoms with Crippen LogP contribution in [0, 0.1) is 17.2 Å². The summed E-state index contributed by atoms with van der Waals surface area (Å²) in [4.78, 5) is 12.9. The normalized spacial score (nSPS) is 10.5. The molecule has 0 spiro atoms. The van der Waals surface area contributed by atoms with Crippen molar-refractivity contribution in [2.24, 2.45) is 5.92 Å². The number of nitrogens with zero attached hydrogens (tertiary/aromatic N) is 4. The molecule has 1 N–H and O–H groups in total. The Labute approximate surface area is 147 Å². The lowest BCUT2D eigenvalue weighted by atomic mass is 10.0. The molecule has 0 saturated heterocycles. The van der Waals surface area contributed by atoms with Gasteiger partial charge in [-0.15, -0.1) is 0 Å². The molecule has 1 aromatic carbocycles. The van der Waals surface area contributed by atoms with Gasteiger partial charge in [0.1, 0.15) is 6.07 Å². The molecular weight excluding hydrogens is 310 g/mol. The van der Waals surface area contributed by atoms with Crippen molar-refractivity contribution in [3.05, 3.63) is 66.1 Å². The summed E-state index contributed by atoms with van der Waals surface area (Å²) in [6, 6.07) is 13.9. The van der Waals surface area contributed by atoms with E-state index >= 15 is 0 Å². The molecule has 0 radical (unpaired) electrons. The van der Waals surface area contributed by atoms with Gasteiger partial charge in [-0.05, 0) is 42.2 Å². The summed E-state index contributed by atoms with van der Waals surface area (Å²) in [5.41, 5.74) is 4.36. The Bertz CT molecular complexity index is 860. The Balaban J connectivity index is 1.69. The smallest absolute Gasteiger partial charge is 0.227 e. The van der Waals surface area contributed by atoms with Crippen molar-refractivity contribution >= 4 is 11.6 Å². The molecule has 2 heterocycles. The second-order valence-electron chi connectivity index (χ2n) is 6.26. The fraction of sp³-hybridized carbons (Fsp3) is 0.200. The number of benzene rings is 1. The van der Waals surface area contributed by atoms with Crippen LogP contribution in [0.5, 0.6) is 0 Å². The molecule has 3 aromatic rings. The highest BCUT2D eigenvalue weighted by Crippen LogP contribution is 2.19. The summed E-state index contributed by atoms with van der Waals surface area (Å²) in [5, 5.41) is 12.0. The topological polar surface area (TPSA) is 74.5 Å². The van der Waals surface area contributed by atoms with Crippen LogP contribution in [0.3, 0.4) is 0 Å². The highest BCUT2D eigenvalue weighted by atomic mass is 15.1. The van der Waals surface area contributed by atoms with Crippen molar-refractivity contribution in [1.82, 2.24) is 15.0 Å². The van der Waals surface area contributed by atoms with E-state index < -0.39 is 0 Å². The molecule has 124 valence electrons. The number of hydrogen-bond donors (Lipinski definition) is 1. The zero-order valence-corrected chi connectivity index (χ0v) is 14.3. The summed E-state index contributed by atoms with van der Waals surface area (Å²) in [5.74, 6) is 1.18. The van der Waals surface area contributed by atoms with E-state index in [-0.39, 0.29) is 0 Å². The Morgan fingerprint density at radius 3 is 2.24 bits per heavy atom. The van der Waals surface area contributed by atoms with Crippen molar-refractivity contribution in [3.8, 4) is 17.3 Å². The first kappa shape index (κ1) is 16.6. The minimum absolute atomic E-state index is 0.531. The Morgan fingerprint density at radius 2 is 1.68 bits per heavy atom. The largest absolute Gasteiger partial charge is 0.324 e. The lowest BCUT2D eigenvalue weighted by molar-refractivity contribution is 0.647. The van der Waals surface area contributed by atoms with E-state index in [1.165, 1.54) is 5.56 Å². The molecule has 3 rings (SSSR count). The third-order valence-electron chi connectivity index (χ3n) is 3.69.